The first-order valence-corrected chi connectivity index (χ1v) is 8.14. The molecule has 1 aliphatic rings. The summed E-state index contributed by atoms with van der Waals surface area (Å²) < 4.78 is 1.90. The van der Waals surface area contributed by atoms with Gasteiger partial charge < -0.3 is 10.4 Å². The molecule has 1 fully saturated rings. The third kappa shape index (κ3) is 4.43. The number of carboxylic acid groups (broad SMARTS) is 1. The average molecular weight is 319 g/mol. The molecule has 1 heterocycles. The molecule has 0 radical (unpaired) electrons. The summed E-state index contributed by atoms with van der Waals surface area (Å²) in [4.78, 5) is 23.8. The number of rotatable bonds is 8. The van der Waals surface area contributed by atoms with E-state index in [4.69, 9.17) is 0 Å². The van der Waals surface area contributed by atoms with E-state index in [0.717, 1.165) is 25.1 Å². The van der Waals surface area contributed by atoms with Crippen molar-refractivity contribution in [1.29, 1.82) is 0 Å². The first-order valence-electron chi connectivity index (χ1n) is 8.14. The maximum atomic E-state index is 12.5. The van der Waals surface area contributed by atoms with E-state index in [9.17, 15) is 14.7 Å². The third-order valence-electron chi connectivity index (χ3n) is 3.84. The number of nitrogens with one attached hydrogen (secondary N) is 1. The van der Waals surface area contributed by atoms with Crippen LogP contribution in [0.5, 0.6) is 0 Å². The van der Waals surface area contributed by atoms with Gasteiger partial charge in [-0.2, -0.15) is 5.10 Å². The number of hydrogen-bond donors (Lipinski definition) is 2. The molecule has 1 aromatic rings. The highest BCUT2D eigenvalue weighted by atomic mass is 16.4. The Labute approximate surface area is 136 Å². The van der Waals surface area contributed by atoms with E-state index < -0.39 is 12.0 Å². The third-order valence-corrected chi connectivity index (χ3v) is 3.84. The van der Waals surface area contributed by atoms with Crippen molar-refractivity contribution >= 4 is 11.9 Å². The summed E-state index contributed by atoms with van der Waals surface area (Å²) in [5.41, 5.74) is 1.46. The Bertz CT molecular complexity index is 600. The van der Waals surface area contributed by atoms with E-state index in [-0.39, 0.29) is 12.3 Å². The minimum absolute atomic E-state index is 0.274. The molecule has 1 aromatic heterocycles. The molecule has 2 rings (SSSR count). The van der Waals surface area contributed by atoms with Crippen LogP contribution in [0, 0.1) is 5.92 Å². The van der Waals surface area contributed by atoms with E-state index in [1.807, 2.05) is 11.6 Å². The first-order chi connectivity index (χ1) is 10.9. The van der Waals surface area contributed by atoms with E-state index in [2.05, 4.69) is 24.3 Å². The minimum Gasteiger partial charge on any atom is -0.480 e. The quantitative estimate of drug-likeness (QED) is 0.721. The molecule has 0 aromatic carbocycles. The van der Waals surface area contributed by atoms with Gasteiger partial charge >= 0.3 is 5.97 Å². The monoisotopic (exact) mass is 319 g/mol. The van der Waals surface area contributed by atoms with Crippen LogP contribution < -0.4 is 5.32 Å². The number of amides is 1. The number of hydrogen-bond acceptors (Lipinski definition) is 3. The number of nitrogens with zero attached hydrogens (tertiary/aromatic N) is 2. The van der Waals surface area contributed by atoms with E-state index in [0.29, 0.717) is 17.4 Å². The molecule has 6 nitrogen and oxygen atoms in total. The van der Waals surface area contributed by atoms with Gasteiger partial charge in [0.1, 0.15) is 6.04 Å². The lowest BCUT2D eigenvalue weighted by molar-refractivity contribution is -0.139. The van der Waals surface area contributed by atoms with Gasteiger partial charge in [0, 0.05) is 12.5 Å². The molecule has 126 valence electrons. The van der Waals surface area contributed by atoms with Gasteiger partial charge in [-0.25, -0.2) is 4.79 Å². The fourth-order valence-electron chi connectivity index (χ4n) is 2.58. The highest BCUT2D eigenvalue weighted by molar-refractivity contribution is 5.97. The second-order valence-electron chi connectivity index (χ2n) is 6.46. The Balaban J connectivity index is 2.18. The van der Waals surface area contributed by atoms with Crippen LogP contribution in [0.2, 0.25) is 0 Å². The second-order valence-corrected chi connectivity index (χ2v) is 6.46. The lowest BCUT2D eigenvalue weighted by Gasteiger charge is -2.14. The summed E-state index contributed by atoms with van der Waals surface area (Å²) >= 11 is 0. The predicted octanol–water partition coefficient (Wildman–Crippen LogP) is 2.57. The average Bonchev–Trinajstić information content (AvgIpc) is 3.23. The highest BCUT2D eigenvalue weighted by Crippen LogP contribution is 2.41. The van der Waals surface area contributed by atoms with Gasteiger partial charge in [0.05, 0.1) is 17.5 Å². The van der Waals surface area contributed by atoms with Gasteiger partial charge in [-0.1, -0.05) is 26.0 Å². The summed E-state index contributed by atoms with van der Waals surface area (Å²) in [7, 11) is 0. The van der Waals surface area contributed by atoms with Crippen LogP contribution in [0.25, 0.3) is 0 Å². The van der Waals surface area contributed by atoms with Crippen LogP contribution in [0.1, 0.15) is 62.0 Å². The Hall–Kier alpha value is -2.11. The van der Waals surface area contributed by atoms with Crippen LogP contribution in [-0.2, 0) is 11.3 Å². The molecule has 1 amide bonds. The molecule has 0 bridgehead atoms. The van der Waals surface area contributed by atoms with Crippen molar-refractivity contribution in [1.82, 2.24) is 15.1 Å². The predicted molar refractivity (Wildman–Crippen MR) is 87.4 cm³/mol. The molecule has 0 aliphatic heterocycles. The van der Waals surface area contributed by atoms with Gasteiger partial charge in [0.15, 0.2) is 0 Å². The Morgan fingerprint density at radius 3 is 2.70 bits per heavy atom. The SMILES string of the molecule is C/C=C/CC(NC(=O)c1cnn(CC(C)C)c1C1CC1)C(=O)O. The fourth-order valence-corrected chi connectivity index (χ4v) is 2.58. The first kappa shape index (κ1) is 17.2. The van der Waals surface area contributed by atoms with Crippen molar-refractivity contribution < 1.29 is 14.7 Å². The van der Waals surface area contributed by atoms with Crippen molar-refractivity contribution in [3.05, 3.63) is 29.6 Å². The standard InChI is InChI=1S/C17H25N3O3/c1-4-5-6-14(17(22)23)19-16(21)13-9-18-20(10-11(2)3)15(13)12-7-8-12/h4-5,9,11-12,14H,6-8,10H2,1-3H3,(H,19,21)(H,22,23)/b5-4+. The van der Waals surface area contributed by atoms with E-state index in [1.54, 1.807) is 18.3 Å². The summed E-state index contributed by atoms with van der Waals surface area (Å²) in [5.74, 6) is -0.571. The topological polar surface area (TPSA) is 84.2 Å². The van der Waals surface area contributed by atoms with Crippen LogP contribution in [0.3, 0.4) is 0 Å². The molecular weight excluding hydrogens is 294 g/mol. The van der Waals surface area contributed by atoms with Crippen LogP contribution >= 0.6 is 0 Å². The summed E-state index contributed by atoms with van der Waals surface area (Å²) in [5, 5.41) is 16.2. The summed E-state index contributed by atoms with van der Waals surface area (Å²) in [6.07, 6.45) is 7.48. The van der Waals surface area contributed by atoms with Gasteiger partial charge in [-0.05, 0) is 32.1 Å². The maximum absolute atomic E-state index is 12.5. The molecule has 23 heavy (non-hydrogen) atoms. The lowest BCUT2D eigenvalue weighted by atomic mass is 10.1. The van der Waals surface area contributed by atoms with Gasteiger partial charge in [0.2, 0.25) is 0 Å². The molecule has 6 heteroatoms. The number of carbonyl (C=O) groups excluding carboxylic acids is 1. The van der Waals surface area contributed by atoms with Gasteiger partial charge in [0.25, 0.3) is 5.91 Å². The van der Waals surface area contributed by atoms with Crippen molar-refractivity contribution in [3.63, 3.8) is 0 Å². The Morgan fingerprint density at radius 2 is 2.17 bits per heavy atom. The van der Waals surface area contributed by atoms with Crippen LogP contribution in [-0.4, -0.2) is 32.8 Å². The summed E-state index contributed by atoms with van der Waals surface area (Å²) in [6, 6.07) is -0.917. The molecular formula is C17H25N3O3. The molecule has 1 atom stereocenters. The fraction of sp³-hybridized carbons (Fsp3) is 0.588. The van der Waals surface area contributed by atoms with Crippen molar-refractivity contribution in [3.8, 4) is 0 Å². The van der Waals surface area contributed by atoms with Gasteiger partial charge in [-0.3, -0.25) is 9.48 Å². The zero-order valence-electron chi connectivity index (χ0n) is 14.0. The molecule has 0 spiro atoms. The molecule has 1 saturated carbocycles. The smallest absolute Gasteiger partial charge is 0.326 e. The number of allylic oxidation sites excluding steroid dienone is 1. The van der Waals surface area contributed by atoms with Gasteiger partial charge in [-0.15, -0.1) is 0 Å². The number of carbonyl (C=O) groups is 2. The molecule has 1 aliphatic carbocycles. The normalized spacial score (nSPS) is 16.0. The highest BCUT2D eigenvalue weighted by Gasteiger charge is 2.33. The van der Waals surface area contributed by atoms with Crippen LogP contribution in [0.15, 0.2) is 18.3 Å². The molecule has 1 unspecified atom stereocenters. The number of aliphatic carboxylic acids is 1. The van der Waals surface area contributed by atoms with Crippen molar-refractivity contribution in [2.24, 2.45) is 5.92 Å². The van der Waals surface area contributed by atoms with E-state index >= 15 is 0 Å². The summed E-state index contributed by atoms with van der Waals surface area (Å²) in [6.45, 7) is 6.80. The lowest BCUT2D eigenvalue weighted by Crippen LogP contribution is -2.40. The second kappa shape index (κ2) is 7.44. The molecule has 2 N–H and O–H groups in total. The van der Waals surface area contributed by atoms with E-state index in [1.165, 1.54) is 0 Å². The Kier molecular flexibility index (Phi) is 5.58. The maximum Gasteiger partial charge on any atom is 0.326 e. The number of aromatic nitrogens is 2. The van der Waals surface area contributed by atoms with Crippen LogP contribution in [0.4, 0.5) is 0 Å². The van der Waals surface area contributed by atoms with Crippen molar-refractivity contribution in [2.75, 3.05) is 0 Å². The Morgan fingerprint density at radius 1 is 1.48 bits per heavy atom. The van der Waals surface area contributed by atoms with Crippen molar-refractivity contribution in [2.45, 2.75) is 58.5 Å². The molecule has 0 saturated heterocycles. The zero-order chi connectivity index (χ0) is 17.0. The zero-order valence-corrected chi connectivity index (χ0v) is 14.0. The largest absolute Gasteiger partial charge is 0.480 e. The number of carboxylic acids is 1. The minimum atomic E-state index is -1.03.